The summed E-state index contributed by atoms with van der Waals surface area (Å²) in [5, 5.41) is 22.0. The molecule has 4 heterocycles. The number of aromatic hydroxyl groups is 1. The summed E-state index contributed by atoms with van der Waals surface area (Å²) in [4.78, 5) is 42.3. The number of alkyl halides is 2. The van der Waals surface area contributed by atoms with Crippen molar-refractivity contribution in [1.82, 2.24) is 24.7 Å². The maximum atomic E-state index is 13.6. The van der Waals surface area contributed by atoms with Gasteiger partial charge in [0.1, 0.15) is 16.5 Å². The number of carbonyl (C=O) groups excluding carboxylic acids is 2. The molecule has 1 aromatic carbocycles. The Labute approximate surface area is 249 Å². The predicted molar refractivity (Wildman–Crippen MR) is 152 cm³/mol. The monoisotopic (exact) mass is 616 g/mol. The van der Waals surface area contributed by atoms with Crippen LogP contribution in [0.3, 0.4) is 0 Å². The highest BCUT2D eigenvalue weighted by Gasteiger charge is 2.50. The van der Waals surface area contributed by atoms with Crippen molar-refractivity contribution in [3.8, 4) is 16.3 Å². The van der Waals surface area contributed by atoms with Crippen molar-refractivity contribution in [2.24, 2.45) is 5.92 Å². The summed E-state index contributed by atoms with van der Waals surface area (Å²) in [6.45, 7) is -0.475. The molecule has 0 radical (unpaired) electrons. The van der Waals surface area contributed by atoms with Crippen LogP contribution in [0.25, 0.3) is 10.6 Å². The number of benzene rings is 1. The van der Waals surface area contributed by atoms with Crippen LogP contribution in [0.5, 0.6) is 5.75 Å². The average Bonchev–Trinajstić information content (AvgIpc) is 3.60. The molecule has 2 fully saturated rings. The second-order valence-corrected chi connectivity index (χ2v) is 12.7. The van der Waals surface area contributed by atoms with E-state index in [4.69, 9.17) is 0 Å². The first-order valence-electron chi connectivity index (χ1n) is 14.1. The van der Waals surface area contributed by atoms with Crippen LogP contribution in [0, 0.1) is 11.7 Å². The fraction of sp³-hybridized carbons (Fsp3) is 0.483. The fourth-order valence-corrected chi connectivity index (χ4v) is 7.36. The highest BCUT2D eigenvalue weighted by molar-refractivity contribution is 7.14. The molecule has 10 nitrogen and oxygen atoms in total. The Kier molecular flexibility index (Phi) is 7.22. The lowest BCUT2D eigenvalue weighted by Crippen LogP contribution is -2.69. The smallest absolute Gasteiger partial charge is 0.278 e. The molecule has 1 saturated carbocycles. The number of carbonyl (C=O) groups is 2. The van der Waals surface area contributed by atoms with Crippen molar-refractivity contribution in [1.29, 1.82) is 0 Å². The van der Waals surface area contributed by atoms with Gasteiger partial charge in [-0.1, -0.05) is 23.5 Å². The van der Waals surface area contributed by atoms with E-state index in [0.29, 0.717) is 37.1 Å². The summed E-state index contributed by atoms with van der Waals surface area (Å²) in [5.41, 5.74) is -0.785. The SMILES string of the molecule is CN1C(=O)c2c(O)c(=O)c(-c3nnc(Cc4ccc(F)cc4)s3)cn2N(C)C12CCC(CC(=O)N1CCC(F)(F)C1)CC2. The van der Waals surface area contributed by atoms with Gasteiger partial charge in [-0.05, 0) is 49.3 Å². The minimum atomic E-state index is -2.84. The second kappa shape index (κ2) is 10.6. The third-order valence-corrected chi connectivity index (χ3v) is 10.0. The number of hydrogen-bond donors (Lipinski definition) is 1. The predicted octanol–water partition coefficient (Wildman–Crippen LogP) is 3.60. The Hall–Kier alpha value is -3.94. The molecule has 1 saturated heterocycles. The molecule has 43 heavy (non-hydrogen) atoms. The minimum Gasteiger partial charge on any atom is -0.502 e. The third-order valence-electron chi connectivity index (χ3n) is 9.08. The zero-order valence-electron chi connectivity index (χ0n) is 23.7. The molecule has 1 aliphatic carbocycles. The minimum absolute atomic E-state index is 0.00968. The second-order valence-electron chi connectivity index (χ2n) is 11.7. The standard InChI is InChI=1S/C29H31F3N6O4S/c1-35-27(42)23-25(41)24(40)20(26-34-33-21(43-26)13-17-3-5-19(30)6-4-17)15-38(23)36(2)29(35)9-7-18(8-10-29)14-22(39)37-12-11-28(31,32)16-37/h3-6,15,18,41H,7-14,16H2,1-2H3. The Morgan fingerprint density at radius 2 is 1.79 bits per heavy atom. The Morgan fingerprint density at radius 3 is 2.44 bits per heavy atom. The molecule has 1 N–H and O–H groups in total. The molecule has 1 spiro atoms. The quantitative estimate of drug-likeness (QED) is 0.466. The molecule has 2 aliphatic heterocycles. The van der Waals surface area contributed by atoms with Gasteiger partial charge in [0.2, 0.25) is 11.3 Å². The van der Waals surface area contributed by atoms with E-state index in [9.17, 15) is 32.7 Å². The van der Waals surface area contributed by atoms with Gasteiger partial charge in [0.05, 0.1) is 12.1 Å². The highest BCUT2D eigenvalue weighted by Crippen LogP contribution is 2.43. The van der Waals surface area contributed by atoms with Crippen LogP contribution in [0.4, 0.5) is 13.2 Å². The number of nitrogens with zero attached hydrogens (tertiary/aromatic N) is 6. The largest absolute Gasteiger partial charge is 0.502 e. The Morgan fingerprint density at radius 1 is 1.09 bits per heavy atom. The molecule has 0 atom stereocenters. The maximum absolute atomic E-state index is 13.6. The van der Waals surface area contributed by atoms with Crippen molar-refractivity contribution in [2.45, 2.75) is 56.5 Å². The number of halogens is 3. The lowest BCUT2D eigenvalue weighted by atomic mass is 9.78. The molecular weight excluding hydrogens is 585 g/mol. The van der Waals surface area contributed by atoms with E-state index in [2.05, 4.69) is 10.2 Å². The molecule has 6 rings (SSSR count). The van der Waals surface area contributed by atoms with E-state index >= 15 is 0 Å². The number of fused-ring (bicyclic) bond motifs is 1. The van der Waals surface area contributed by atoms with Gasteiger partial charge >= 0.3 is 0 Å². The lowest BCUT2D eigenvalue weighted by Gasteiger charge is -2.55. The van der Waals surface area contributed by atoms with Gasteiger partial charge in [-0.2, -0.15) is 0 Å². The Balaban J connectivity index is 1.23. The lowest BCUT2D eigenvalue weighted by molar-refractivity contribution is -0.133. The molecular formula is C29H31F3N6O4S. The molecule has 0 bridgehead atoms. The average molecular weight is 617 g/mol. The molecule has 14 heteroatoms. The number of pyridine rings is 1. The van der Waals surface area contributed by atoms with Crippen LogP contribution < -0.4 is 10.4 Å². The highest BCUT2D eigenvalue weighted by atomic mass is 32.1. The normalized spacial score (nSPS) is 23.2. The summed E-state index contributed by atoms with van der Waals surface area (Å²) in [6.07, 6.45) is 3.93. The topological polar surface area (TPSA) is 112 Å². The van der Waals surface area contributed by atoms with E-state index in [-0.39, 0.29) is 53.3 Å². The Bertz CT molecular complexity index is 1630. The first-order valence-corrected chi connectivity index (χ1v) is 14.9. The van der Waals surface area contributed by atoms with Crippen LogP contribution in [0.15, 0.2) is 35.3 Å². The van der Waals surface area contributed by atoms with E-state index in [1.807, 2.05) is 5.01 Å². The van der Waals surface area contributed by atoms with Gasteiger partial charge in [-0.25, -0.2) is 13.2 Å². The number of rotatable bonds is 5. The first-order chi connectivity index (χ1) is 20.4. The number of aromatic nitrogens is 3. The molecule has 2 amide bonds. The maximum Gasteiger partial charge on any atom is 0.278 e. The first kappa shape index (κ1) is 29.1. The summed E-state index contributed by atoms with van der Waals surface area (Å²) in [7, 11) is 3.41. The number of likely N-dealkylation sites (tertiary alicyclic amines) is 1. The fourth-order valence-electron chi connectivity index (χ4n) is 6.48. The van der Waals surface area contributed by atoms with Gasteiger partial charge in [-0.3, -0.25) is 24.1 Å². The van der Waals surface area contributed by atoms with Crippen LogP contribution in [0.2, 0.25) is 0 Å². The van der Waals surface area contributed by atoms with Crippen molar-refractivity contribution in [3.63, 3.8) is 0 Å². The summed E-state index contributed by atoms with van der Waals surface area (Å²) in [5.74, 6) is -4.66. The number of hydrogen-bond acceptors (Lipinski definition) is 8. The van der Waals surface area contributed by atoms with Crippen LogP contribution in [-0.4, -0.2) is 80.4 Å². The van der Waals surface area contributed by atoms with Gasteiger partial charge in [0, 0.05) is 46.1 Å². The van der Waals surface area contributed by atoms with Crippen molar-refractivity contribution < 1.29 is 27.9 Å². The van der Waals surface area contributed by atoms with Gasteiger partial charge in [-0.15, -0.1) is 10.2 Å². The molecule has 3 aromatic rings. The van der Waals surface area contributed by atoms with Crippen LogP contribution in [0.1, 0.15) is 59.6 Å². The van der Waals surface area contributed by atoms with E-state index in [1.54, 1.807) is 26.2 Å². The molecule has 3 aliphatic rings. The molecule has 228 valence electrons. The van der Waals surface area contributed by atoms with E-state index < -0.39 is 35.2 Å². The number of amides is 2. The summed E-state index contributed by atoms with van der Waals surface area (Å²) < 4.78 is 42.0. The van der Waals surface area contributed by atoms with Crippen molar-refractivity contribution >= 4 is 23.2 Å². The summed E-state index contributed by atoms with van der Waals surface area (Å²) >= 11 is 1.17. The zero-order chi connectivity index (χ0) is 30.7. The van der Waals surface area contributed by atoms with E-state index in [0.717, 1.165) is 5.56 Å². The van der Waals surface area contributed by atoms with Crippen molar-refractivity contribution in [3.05, 3.63) is 62.8 Å². The van der Waals surface area contributed by atoms with Crippen LogP contribution in [-0.2, 0) is 11.2 Å². The molecule has 2 aromatic heterocycles. The van der Waals surface area contributed by atoms with Crippen molar-refractivity contribution in [2.75, 3.05) is 32.2 Å². The van der Waals surface area contributed by atoms with Gasteiger partial charge < -0.3 is 14.9 Å². The van der Waals surface area contributed by atoms with Crippen LogP contribution >= 0.6 is 11.3 Å². The zero-order valence-corrected chi connectivity index (χ0v) is 24.5. The molecule has 0 unspecified atom stereocenters. The van der Waals surface area contributed by atoms with E-state index in [1.165, 1.54) is 44.1 Å². The summed E-state index contributed by atoms with van der Waals surface area (Å²) in [6, 6.07) is 5.99. The third kappa shape index (κ3) is 5.15. The van der Waals surface area contributed by atoms with Gasteiger partial charge in [0.15, 0.2) is 16.5 Å². The van der Waals surface area contributed by atoms with Gasteiger partial charge in [0.25, 0.3) is 11.8 Å².